The van der Waals surface area contributed by atoms with Gasteiger partial charge in [-0.15, -0.1) is 0 Å². The Balaban J connectivity index is -0.000000206. The molecule has 0 unspecified atom stereocenters. The summed E-state index contributed by atoms with van der Waals surface area (Å²) in [5.41, 5.74) is 1.68. The molecule has 1 aromatic rings. The summed E-state index contributed by atoms with van der Waals surface area (Å²) in [6.45, 7) is 15.9. The summed E-state index contributed by atoms with van der Waals surface area (Å²) in [5, 5.41) is 0. The van der Waals surface area contributed by atoms with E-state index in [9.17, 15) is 4.39 Å². The third-order valence-electron chi connectivity index (χ3n) is 1.33. The van der Waals surface area contributed by atoms with Crippen molar-refractivity contribution in [2.45, 2.75) is 61.8 Å². The molecule has 0 nitrogen and oxygen atoms in total. The van der Waals surface area contributed by atoms with Gasteiger partial charge in [-0.1, -0.05) is 60.1 Å². The smallest absolute Gasteiger partial charge is 0.126 e. The Bertz CT molecular complexity index is 229. The number of hydrogen-bond donors (Lipinski definition) is 0. The van der Waals surface area contributed by atoms with Crippen molar-refractivity contribution >= 4 is 0 Å². The summed E-state index contributed by atoms with van der Waals surface area (Å²) in [4.78, 5) is 0. The van der Waals surface area contributed by atoms with Crippen LogP contribution in [0.2, 0.25) is 0 Å². The summed E-state index contributed by atoms with van der Waals surface area (Å²) in [6.07, 6.45) is 1.25. The first-order chi connectivity index (χ1) is 7.61. The molecule has 0 saturated carbocycles. The summed E-state index contributed by atoms with van der Waals surface area (Å²) >= 11 is 0. The Morgan fingerprint density at radius 3 is 1.56 bits per heavy atom. The largest absolute Gasteiger partial charge is 0.207 e. The zero-order chi connectivity index (χ0) is 13.6. The predicted octanol–water partition coefficient (Wildman–Crippen LogP) is 5.91. The lowest BCUT2D eigenvalue weighted by molar-refractivity contribution is 0.617. The SMILES string of the molecule is CC.CC.CCC.Cc1ccc(C)c(F)c1. The fourth-order valence-corrected chi connectivity index (χ4v) is 0.698. The quantitative estimate of drug-likeness (QED) is 0.517. The van der Waals surface area contributed by atoms with Crippen LogP contribution < -0.4 is 0 Å². The van der Waals surface area contributed by atoms with Gasteiger partial charge in [-0.3, -0.25) is 0 Å². The van der Waals surface area contributed by atoms with E-state index in [1.54, 1.807) is 13.0 Å². The molecule has 96 valence electrons. The minimum absolute atomic E-state index is 0.116. The normalized spacial score (nSPS) is 7.31. The van der Waals surface area contributed by atoms with E-state index in [1.165, 1.54) is 12.5 Å². The van der Waals surface area contributed by atoms with Gasteiger partial charge in [0, 0.05) is 0 Å². The molecule has 0 spiro atoms. The Morgan fingerprint density at radius 1 is 0.938 bits per heavy atom. The van der Waals surface area contributed by atoms with Crippen LogP contribution in [0.4, 0.5) is 4.39 Å². The van der Waals surface area contributed by atoms with Gasteiger partial charge in [-0.25, -0.2) is 4.39 Å². The van der Waals surface area contributed by atoms with Gasteiger partial charge in [-0.2, -0.15) is 0 Å². The molecular formula is C15H29F. The van der Waals surface area contributed by atoms with Gasteiger partial charge < -0.3 is 0 Å². The molecule has 0 heterocycles. The molecule has 1 aromatic carbocycles. The van der Waals surface area contributed by atoms with E-state index < -0.39 is 0 Å². The van der Waals surface area contributed by atoms with Gasteiger partial charge in [-0.05, 0) is 31.0 Å². The standard InChI is InChI=1S/C8H9F.C3H8.2C2H6/c1-6-3-4-7(2)8(9)5-6;1-3-2;2*1-2/h3-5H,1-2H3;3H2,1-2H3;2*1-2H3. The van der Waals surface area contributed by atoms with Gasteiger partial charge in [0.25, 0.3) is 0 Å². The molecule has 1 heteroatoms. The molecular weight excluding hydrogens is 199 g/mol. The van der Waals surface area contributed by atoms with Crippen molar-refractivity contribution in [1.82, 2.24) is 0 Å². The second kappa shape index (κ2) is 16.6. The Morgan fingerprint density at radius 2 is 1.31 bits per heavy atom. The molecule has 0 amide bonds. The van der Waals surface area contributed by atoms with Gasteiger partial charge >= 0.3 is 0 Å². The highest BCUT2D eigenvalue weighted by atomic mass is 19.1. The maximum Gasteiger partial charge on any atom is 0.126 e. The topological polar surface area (TPSA) is 0 Å². The first-order valence-electron chi connectivity index (χ1n) is 6.34. The van der Waals surface area contributed by atoms with Crippen molar-refractivity contribution in [3.8, 4) is 0 Å². The van der Waals surface area contributed by atoms with Crippen molar-refractivity contribution < 1.29 is 4.39 Å². The van der Waals surface area contributed by atoms with Crippen molar-refractivity contribution in [2.75, 3.05) is 0 Å². The van der Waals surface area contributed by atoms with Gasteiger partial charge in [0.15, 0.2) is 0 Å². The molecule has 0 radical (unpaired) electrons. The summed E-state index contributed by atoms with van der Waals surface area (Å²) in [5.74, 6) is -0.116. The molecule has 0 N–H and O–H groups in total. The van der Waals surface area contributed by atoms with E-state index in [4.69, 9.17) is 0 Å². The molecule has 0 atom stereocenters. The second-order valence-corrected chi connectivity index (χ2v) is 2.96. The van der Waals surface area contributed by atoms with Crippen LogP contribution in [0.5, 0.6) is 0 Å². The van der Waals surface area contributed by atoms with Crippen molar-refractivity contribution in [1.29, 1.82) is 0 Å². The van der Waals surface area contributed by atoms with E-state index >= 15 is 0 Å². The first-order valence-corrected chi connectivity index (χ1v) is 6.34. The van der Waals surface area contributed by atoms with Crippen LogP contribution in [-0.4, -0.2) is 0 Å². The average Bonchev–Trinajstić information content (AvgIpc) is 2.31. The van der Waals surface area contributed by atoms with Crippen molar-refractivity contribution in [3.05, 3.63) is 35.1 Å². The highest BCUT2D eigenvalue weighted by molar-refractivity contribution is 5.21. The van der Waals surface area contributed by atoms with E-state index in [2.05, 4.69) is 13.8 Å². The highest BCUT2D eigenvalue weighted by Crippen LogP contribution is 2.06. The van der Waals surface area contributed by atoms with Gasteiger partial charge in [0.1, 0.15) is 5.82 Å². The van der Waals surface area contributed by atoms with Crippen LogP contribution in [0.3, 0.4) is 0 Å². The number of rotatable bonds is 0. The monoisotopic (exact) mass is 228 g/mol. The van der Waals surface area contributed by atoms with Crippen LogP contribution in [0, 0.1) is 19.7 Å². The Kier molecular flexibility index (Phi) is 21.3. The second-order valence-electron chi connectivity index (χ2n) is 2.96. The molecule has 1 rings (SSSR count). The lowest BCUT2D eigenvalue weighted by Gasteiger charge is -1.94. The summed E-state index contributed by atoms with van der Waals surface area (Å²) < 4.78 is 12.6. The Hall–Kier alpha value is -0.850. The van der Waals surface area contributed by atoms with Gasteiger partial charge in [0.05, 0.1) is 0 Å². The molecule has 0 aliphatic heterocycles. The molecule has 0 fully saturated rings. The van der Waals surface area contributed by atoms with Crippen LogP contribution in [0.15, 0.2) is 18.2 Å². The maximum absolute atomic E-state index is 12.6. The summed E-state index contributed by atoms with van der Waals surface area (Å²) in [7, 11) is 0. The van der Waals surface area contributed by atoms with E-state index in [0.717, 1.165) is 5.56 Å². The molecule has 0 aliphatic rings. The average molecular weight is 228 g/mol. The molecule has 0 bridgehead atoms. The third kappa shape index (κ3) is 13.2. The molecule has 16 heavy (non-hydrogen) atoms. The van der Waals surface area contributed by atoms with Crippen LogP contribution in [0.1, 0.15) is 59.1 Å². The lowest BCUT2D eigenvalue weighted by Crippen LogP contribution is -1.81. The number of halogens is 1. The first kappa shape index (κ1) is 20.5. The van der Waals surface area contributed by atoms with Gasteiger partial charge in [0.2, 0.25) is 0 Å². The van der Waals surface area contributed by atoms with Crippen LogP contribution in [0.25, 0.3) is 0 Å². The van der Waals surface area contributed by atoms with E-state index in [-0.39, 0.29) is 5.82 Å². The third-order valence-corrected chi connectivity index (χ3v) is 1.33. The number of benzene rings is 1. The zero-order valence-electron chi connectivity index (χ0n) is 12.3. The van der Waals surface area contributed by atoms with Crippen LogP contribution >= 0.6 is 0 Å². The summed E-state index contributed by atoms with van der Waals surface area (Å²) in [6, 6.07) is 5.22. The maximum atomic E-state index is 12.6. The zero-order valence-corrected chi connectivity index (χ0v) is 12.3. The number of aryl methyl sites for hydroxylation is 2. The minimum atomic E-state index is -0.116. The van der Waals surface area contributed by atoms with Crippen LogP contribution in [-0.2, 0) is 0 Å². The number of hydrogen-bond acceptors (Lipinski definition) is 0. The molecule has 0 aromatic heterocycles. The predicted molar refractivity (Wildman–Crippen MR) is 74.5 cm³/mol. The fraction of sp³-hybridized carbons (Fsp3) is 0.600. The van der Waals surface area contributed by atoms with E-state index in [1.807, 2.05) is 40.7 Å². The Labute approximate surface area is 102 Å². The lowest BCUT2D eigenvalue weighted by atomic mass is 10.2. The fourth-order valence-electron chi connectivity index (χ4n) is 0.698. The van der Waals surface area contributed by atoms with Crippen molar-refractivity contribution in [3.63, 3.8) is 0 Å². The minimum Gasteiger partial charge on any atom is -0.207 e. The van der Waals surface area contributed by atoms with Crippen molar-refractivity contribution in [2.24, 2.45) is 0 Å². The van der Waals surface area contributed by atoms with E-state index in [0.29, 0.717) is 5.56 Å². The molecule has 0 saturated heterocycles. The molecule has 0 aliphatic carbocycles. The highest BCUT2D eigenvalue weighted by Gasteiger charge is 1.93.